The fourth-order valence-corrected chi connectivity index (χ4v) is 2.40. The van der Waals surface area contributed by atoms with Gasteiger partial charge in [0.2, 0.25) is 0 Å². The van der Waals surface area contributed by atoms with Crippen molar-refractivity contribution in [2.75, 3.05) is 0 Å². The molecule has 20 heavy (non-hydrogen) atoms. The van der Waals surface area contributed by atoms with E-state index in [-0.39, 0.29) is 5.56 Å². The molecule has 0 fully saturated rings. The van der Waals surface area contributed by atoms with Crippen LogP contribution in [0.1, 0.15) is 34.1 Å². The second-order valence-electron chi connectivity index (χ2n) is 4.50. The molecular weight excluding hydrogens is 254 g/mol. The minimum Gasteiger partial charge on any atom is -0.487 e. The van der Waals surface area contributed by atoms with Gasteiger partial charge in [-0.3, -0.25) is 4.98 Å². The molecule has 0 spiro atoms. The summed E-state index contributed by atoms with van der Waals surface area (Å²) in [5.41, 5.74) is 3.83. The van der Waals surface area contributed by atoms with Crippen LogP contribution in [0.4, 0.5) is 0 Å². The van der Waals surface area contributed by atoms with E-state index in [4.69, 9.17) is 9.84 Å². The maximum Gasteiger partial charge on any atom is 0.335 e. The van der Waals surface area contributed by atoms with Crippen LogP contribution in [0.25, 0.3) is 5.57 Å². The van der Waals surface area contributed by atoms with Gasteiger partial charge in [0, 0.05) is 17.3 Å². The number of hydrogen-bond donors (Lipinski definition) is 1. The third-order valence-electron chi connectivity index (χ3n) is 3.35. The van der Waals surface area contributed by atoms with E-state index in [0.29, 0.717) is 12.4 Å². The van der Waals surface area contributed by atoms with Gasteiger partial charge in [0.1, 0.15) is 12.4 Å². The monoisotopic (exact) mass is 267 g/mol. The molecule has 1 N–H and O–H groups in total. The minimum atomic E-state index is -0.945. The van der Waals surface area contributed by atoms with Crippen LogP contribution in [0, 0.1) is 0 Å². The van der Waals surface area contributed by atoms with Crippen LogP contribution in [0.15, 0.2) is 42.6 Å². The highest BCUT2D eigenvalue weighted by Crippen LogP contribution is 2.36. The maximum absolute atomic E-state index is 11.1. The molecule has 0 atom stereocenters. The second kappa shape index (κ2) is 4.81. The van der Waals surface area contributed by atoms with Crippen molar-refractivity contribution in [1.82, 2.24) is 4.98 Å². The van der Waals surface area contributed by atoms with Crippen LogP contribution in [-0.2, 0) is 6.61 Å². The van der Waals surface area contributed by atoms with Crippen LogP contribution in [0.2, 0.25) is 0 Å². The van der Waals surface area contributed by atoms with Crippen molar-refractivity contribution in [2.45, 2.75) is 13.5 Å². The van der Waals surface area contributed by atoms with Gasteiger partial charge in [-0.05, 0) is 36.8 Å². The number of pyridine rings is 1. The fraction of sp³-hybridized carbons (Fsp3) is 0.125. The number of aromatic nitrogens is 1. The molecule has 0 radical (unpaired) electrons. The molecule has 0 saturated heterocycles. The normalized spacial score (nSPS) is 14.9. The Balaban J connectivity index is 2.24. The van der Waals surface area contributed by atoms with Crippen molar-refractivity contribution >= 4 is 11.5 Å². The first-order valence-electron chi connectivity index (χ1n) is 6.32. The number of ether oxygens (including phenoxy) is 1. The molecule has 100 valence electrons. The number of allylic oxidation sites excluding steroid dienone is 1. The number of rotatable bonds is 1. The molecule has 0 aliphatic carbocycles. The molecule has 1 aromatic heterocycles. The van der Waals surface area contributed by atoms with E-state index in [9.17, 15) is 4.79 Å². The third-order valence-corrected chi connectivity index (χ3v) is 3.35. The quantitative estimate of drug-likeness (QED) is 0.862. The lowest BCUT2D eigenvalue weighted by Gasteiger charge is -2.10. The summed E-state index contributed by atoms with van der Waals surface area (Å²) in [6.07, 6.45) is 3.69. The number of aromatic carboxylic acids is 1. The first kappa shape index (κ1) is 12.4. The van der Waals surface area contributed by atoms with Crippen LogP contribution in [0.3, 0.4) is 0 Å². The first-order chi connectivity index (χ1) is 9.70. The summed E-state index contributed by atoms with van der Waals surface area (Å²) < 4.78 is 5.75. The van der Waals surface area contributed by atoms with E-state index < -0.39 is 5.97 Å². The number of hydrogen-bond acceptors (Lipinski definition) is 3. The smallest absolute Gasteiger partial charge is 0.335 e. The SMILES string of the molecule is C/C=C1/c2cc(C(=O)O)ccc2OCc2ncccc21. The number of carboxylic acid groups (broad SMARTS) is 1. The van der Waals surface area contributed by atoms with Gasteiger partial charge in [0.15, 0.2) is 0 Å². The Morgan fingerprint density at radius 3 is 2.95 bits per heavy atom. The van der Waals surface area contributed by atoms with Crippen LogP contribution < -0.4 is 4.74 Å². The van der Waals surface area contributed by atoms with Gasteiger partial charge < -0.3 is 9.84 Å². The fourth-order valence-electron chi connectivity index (χ4n) is 2.40. The summed E-state index contributed by atoms with van der Waals surface area (Å²) >= 11 is 0. The summed E-state index contributed by atoms with van der Waals surface area (Å²) in [5.74, 6) is -0.264. The molecule has 4 nitrogen and oxygen atoms in total. The van der Waals surface area contributed by atoms with Gasteiger partial charge in [-0.2, -0.15) is 0 Å². The summed E-state index contributed by atoms with van der Waals surface area (Å²) in [4.78, 5) is 15.5. The first-order valence-corrected chi connectivity index (χ1v) is 6.32. The highest BCUT2D eigenvalue weighted by atomic mass is 16.5. The zero-order valence-electron chi connectivity index (χ0n) is 11.0. The van der Waals surface area contributed by atoms with Crippen molar-refractivity contribution in [1.29, 1.82) is 0 Å². The lowest BCUT2D eigenvalue weighted by molar-refractivity contribution is 0.0697. The Hall–Kier alpha value is -2.62. The molecule has 0 amide bonds. The third kappa shape index (κ3) is 1.95. The average molecular weight is 267 g/mol. The Bertz CT molecular complexity index is 719. The molecule has 0 saturated carbocycles. The zero-order valence-corrected chi connectivity index (χ0v) is 11.0. The van der Waals surface area contributed by atoms with Crippen LogP contribution >= 0.6 is 0 Å². The van der Waals surface area contributed by atoms with Crippen molar-refractivity contribution < 1.29 is 14.6 Å². The molecule has 1 aliphatic rings. The summed E-state index contributed by atoms with van der Waals surface area (Å²) in [6, 6.07) is 8.75. The van der Waals surface area contributed by atoms with Gasteiger partial charge in [-0.15, -0.1) is 0 Å². The Labute approximate surface area is 116 Å². The summed E-state index contributed by atoms with van der Waals surface area (Å²) in [6.45, 7) is 2.31. The second-order valence-corrected chi connectivity index (χ2v) is 4.50. The van der Waals surface area contributed by atoms with E-state index in [2.05, 4.69) is 4.98 Å². The van der Waals surface area contributed by atoms with Crippen molar-refractivity contribution in [2.24, 2.45) is 0 Å². The number of fused-ring (bicyclic) bond motifs is 2. The van der Waals surface area contributed by atoms with E-state index >= 15 is 0 Å². The van der Waals surface area contributed by atoms with Gasteiger partial charge in [-0.1, -0.05) is 12.1 Å². The van der Waals surface area contributed by atoms with E-state index in [1.807, 2.05) is 25.1 Å². The molecule has 4 heteroatoms. The Morgan fingerprint density at radius 2 is 2.20 bits per heavy atom. The lowest BCUT2D eigenvalue weighted by Crippen LogP contribution is -1.99. The van der Waals surface area contributed by atoms with Gasteiger partial charge >= 0.3 is 5.97 Å². The highest BCUT2D eigenvalue weighted by Gasteiger charge is 2.20. The predicted octanol–water partition coefficient (Wildman–Crippen LogP) is 3.12. The van der Waals surface area contributed by atoms with E-state index in [1.54, 1.807) is 24.4 Å². The highest BCUT2D eigenvalue weighted by molar-refractivity contribution is 5.92. The van der Waals surface area contributed by atoms with Crippen LogP contribution in [0.5, 0.6) is 5.75 Å². The summed E-state index contributed by atoms with van der Waals surface area (Å²) in [7, 11) is 0. The van der Waals surface area contributed by atoms with E-state index in [1.165, 1.54) is 0 Å². The Morgan fingerprint density at radius 1 is 1.35 bits per heavy atom. The average Bonchev–Trinajstić information content (AvgIpc) is 2.62. The van der Waals surface area contributed by atoms with E-state index in [0.717, 1.165) is 22.4 Å². The van der Waals surface area contributed by atoms with Crippen LogP contribution in [-0.4, -0.2) is 16.1 Å². The number of benzene rings is 1. The molecule has 0 unspecified atom stereocenters. The molecule has 1 aromatic carbocycles. The molecule has 3 rings (SSSR count). The molecule has 0 bridgehead atoms. The number of carboxylic acids is 1. The summed E-state index contributed by atoms with van der Waals surface area (Å²) in [5, 5.41) is 9.14. The largest absolute Gasteiger partial charge is 0.487 e. The van der Waals surface area contributed by atoms with Gasteiger partial charge in [0.05, 0.1) is 11.3 Å². The topological polar surface area (TPSA) is 59.4 Å². The Kier molecular flexibility index (Phi) is 2.99. The predicted molar refractivity (Wildman–Crippen MR) is 74.7 cm³/mol. The number of carbonyl (C=O) groups is 1. The molecule has 2 aromatic rings. The molecule has 1 aliphatic heterocycles. The standard InChI is InChI=1S/C16H13NO3/c1-2-11-12-4-3-7-17-14(12)9-20-15-6-5-10(16(18)19)8-13(11)15/h2-8H,9H2,1H3,(H,18,19)/b11-2+. The number of nitrogens with zero attached hydrogens (tertiary/aromatic N) is 1. The van der Waals surface area contributed by atoms with Gasteiger partial charge in [-0.25, -0.2) is 4.79 Å². The maximum atomic E-state index is 11.1. The zero-order chi connectivity index (χ0) is 14.1. The lowest BCUT2D eigenvalue weighted by atomic mass is 9.95. The van der Waals surface area contributed by atoms with Crippen molar-refractivity contribution in [3.63, 3.8) is 0 Å². The molecular formula is C16H13NO3. The van der Waals surface area contributed by atoms with Crippen molar-refractivity contribution in [3.8, 4) is 5.75 Å². The van der Waals surface area contributed by atoms with Crippen molar-refractivity contribution in [3.05, 3.63) is 65.0 Å². The van der Waals surface area contributed by atoms with Gasteiger partial charge in [0.25, 0.3) is 0 Å². The minimum absolute atomic E-state index is 0.249. The molecule has 2 heterocycles.